The van der Waals surface area contributed by atoms with Gasteiger partial charge in [-0.15, -0.1) is 11.8 Å². The van der Waals surface area contributed by atoms with Gasteiger partial charge in [0.15, 0.2) is 0 Å². The first kappa shape index (κ1) is 26.0. The second kappa shape index (κ2) is 13.3. The third-order valence-corrected chi connectivity index (χ3v) is 6.75. The lowest BCUT2D eigenvalue weighted by Crippen LogP contribution is -2.51. The minimum absolute atomic E-state index is 0.112. The molecule has 0 spiro atoms. The molecule has 1 atom stereocenters. The predicted octanol–water partition coefficient (Wildman–Crippen LogP) is 5.60. The number of hydrogen-bond donors (Lipinski definition) is 1. The first-order valence-corrected chi connectivity index (χ1v) is 13.1. The average Bonchev–Trinajstić information content (AvgIpc) is 2.83. The zero-order chi connectivity index (χ0) is 24.3. The number of thioether (sulfide) groups is 1. The first-order valence-electron chi connectivity index (χ1n) is 11.1. The van der Waals surface area contributed by atoms with Crippen molar-refractivity contribution in [3.8, 4) is 0 Å². The highest BCUT2D eigenvalue weighted by atomic mass is 79.9. The molecule has 178 valence electrons. The summed E-state index contributed by atoms with van der Waals surface area (Å²) in [5, 5.41) is 2.90. The molecular formula is C27H28BrFN2O2S. The number of hydrogen-bond acceptors (Lipinski definition) is 3. The van der Waals surface area contributed by atoms with Gasteiger partial charge in [-0.2, -0.15) is 0 Å². The van der Waals surface area contributed by atoms with Gasteiger partial charge >= 0.3 is 0 Å². The Balaban J connectivity index is 1.81. The van der Waals surface area contributed by atoms with E-state index in [4.69, 9.17) is 0 Å². The van der Waals surface area contributed by atoms with Crippen LogP contribution in [0.15, 0.2) is 83.3 Å². The minimum Gasteiger partial charge on any atom is -0.355 e. The fraction of sp³-hybridized carbons (Fsp3) is 0.259. The second-order valence-corrected chi connectivity index (χ2v) is 9.77. The molecule has 0 heterocycles. The van der Waals surface area contributed by atoms with Crippen molar-refractivity contribution in [2.45, 2.75) is 31.7 Å². The molecule has 1 N–H and O–H groups in total. The van der Waals surface area contributed by atoms with Gasteiger partial charge < -0.3 is 10.2 Å². The molecule has 0 radical (unpaired) electrons. The molecule has 0 aromatic heterocycles. The summed E-state index contributed by atoms with van der Waals surface area (Å²) in [6.07, 6.45) is 0.426. The van der Waals surface area contributed by atoms with Crippen molar-refractivity contribution in [3.63, 3.8) is 0 Å². The number of carbonyl (C=O) groups excluding carboxylic acids is 2. The molecule has 1 unspecified atom stereocenters. The highest BCUT2D eigenvalue weighted by molar-refractivity contribution is 9.10. The van der Waals surface area contributed by atoms with Crippen LogP contribution < -0.4 is 5.32 Å². The van der Waals surface area contributed by atoms with Gasteiger partial charge in [-0.05, 0) is 47.9 Å². The van der Waals surface area contributed by atoms with Crippen molar-refractivity contribution in [1.29, 1.82) is 0 Å². The Labute approximate surface area is 213 Å². The van der Waals surface area contributed by atoms with Gasteiger partial charge in [-0.3, -0.25) is 9.59 Å². The quantitative estimate of drug-likeness (QED) is 0.343. The van der Waals surface area contributed by atoms with Crippen LogP contribution in [0.1, 0.15) is 23.6 Å². The third-order valence-electron chi connectivity index (χ3n) is 5.27. The highest BCUT2D eigenvalue weighted by Crippen LogP contribution is 2.20. The molecule has 3 aromatic carbocycles. The maximum atomic E-state index is 13.5. The number of nitrogens with zero attached hydrogens (tertiary/aromatic N) is 1. The SMILES string of the molecule is CCNC(=O)C(Cc1ccccc1)N(Cc1cccc(Br)c1)C(=O)CSCc1ccc(F)cc1. The Bertz CT molecular complexity index is 1080. The lowest BCUT2D eigenvalue weighted by Gasteiger charge is -2.31. The van der Waals surface area contributed by atoms with Crippen molar-refractivity contribution in [2.24, 2.45) is 0 Å². The van der Waals surface area contributed by atoms with Crippen molar-refractivity contribution < 1.29 is 14.0 Å². The van der Waals surface area contributed by atoms with Crippen LogP contribution >= 0.6 is 27.7 Å². The monoisotopic (exact) mass is 542 g/mol. The number of likely N-dealkylation sites (N-methyl/N-ethyl adjacent to an activating group) is 1. The molecule has 7 heteroatoms. The van der Waals surface area contributed by atoms with Gasteiger partial charge in [0.1, 0.15) is 11.9 Å². The zero-order valence-corrected chi connectivity index (χ0v) is 21.4. The van der Waals surface area contributed by atoms with Gasteiger partial charge in [0.05, 0.1) is 5.75 Å². The Morgan fingerprint density at radius 3 is 2.35 bits per heavy atom. The van der Waals surface area contributed by atoms with Gasteiger partial charge in [0.25, 0.3) is 0 Å². The first-order chi connectivity index (χ1) is 16.5. The van der Waals surface area contributed by atoms with E-state index < -0.39 is 6.04 Å². The van der Waals surface area contributed by atoms with E-state index in [9.17, 15) is 14.0 Å². The van der Waals surface area contributed by atoms with E-state index in [-0.39, 0.29) is 23.4 Å². The van der Waals surface area contributed by atoms with Gasteiger partial charge in [-0.1, -0.05) is 70.5 Å². The lowest BCUT2D eigenvalue weighted by molar-refractivity contribution is -0.139. The van der Waals surface area contributed by atoms with Crippen LogP contribution in [0.5, 0.6) is 0 Å². The van der Waals surface area contributed by atoms with Crippen molar-refractivity contribution in [3.05, 3.63) is 106 Å². The number of benzene rings is 3. The summed E-state index contributed by atoms with van der Waals surface area (Å²) in [5.74, 6) is 0.241. The molecule has 3 aromatic rings. The molecule has 0 bridgehead atoms. The summed E-state index contributed by atoms with van der Waals surface area (Å²) < 4.78 is 14.1. The molecule has 0 fully saturated rings. The van der Waals surface area contributed by atoms with E-state index in [1.807, 2.05) is 61.5 Å². The van der Waals surface area contributed by atoms with E-state index in [0.717, 1.165) is 21.2 Å². The van der Waals surface area contributed by atoms with Crippen LogP contribution in [-0.2, 0) is 28.3 Å². The molecule has 0 aliphatic carbocycles. The van der Waals surface area contributed by atoms with Crippen LogP contribution in [0.25, 0.3) is 0 Å². The highest BCUT2D eigenvalue weighted by Gasteiger charge is 2.30. The lowest BCUT2D eigenvalue weighted by atomic mass is 10.0. The number of carbonyl (C=O) groups is 2. The maximum absolute atomic E-state index is 13.5. The van der Waals surface area contributed by atoms with Crippen molar-refractivity contribution in [1.82, 2.24) is 10.2 Å². The van der Waals surface area contributed by atoms with Crippen LogP contribution in [0.3, 0.4) is 0 Å². The zero-order valence-electron chi connectivity index (χ0n) is 19.0. The van der Waals surface area contributed by atoms with Crippen molar-refractivity contribution >= 4 is 39.5 Å². The number of amides is 2. The molecule has 3 rings (SSSR count). The number of nitrogens with one attached hydrogen (secondary N) is 1. The summed E-state index contributed by atoms with van der Waals surface area (Å²) in [5.41, 5.74) is 2.88. The van der Waals surface area contributed by atoms with Gasteiger partial charge in [0.2, 0.25) is 11.8 Å². The third kappa shape index (κ3) is 7.99. The summed E-state index contributed by atoms with van der Waals surface area (Å²) >= 11 is 4.95. The number of rotatable bonds is 11. The Hall–Kier alpha value is -2.64. The summed E-state index contributed by atoms with van der Waals surface area (Å²) in [6, 6.07) is 23.1. The van der Waals surface area contributed by atoms with Crippen LogP contribution in [-0.4, -0.2) is 35.1 Å². The second-order valence-electron chi connectivity index (χ2n) is 7.87. The molecule has 0 aliphatic heterocycles. The summed E-state index contributed by atoms with van der Waals surface area (Å²) in [4.78, 5) is 28.3. The van der Waals surface area contributed by atoms with Gasteiger partial charge in [-0.25, -0.2) is 4.39 Å². The molecule has 34 heavy (non-hydrogen) atoms. The summed E-state index contributed by atoms with van der Waals surface area (Å²) in [7, 11) is 0. The molecular weight excluding hydrogens is 515 g/mol. The standard InChI is InChI=1S/C27H28BrFN2O2S/c1-2-30-27(33)25(16-20-7-4-3-5-8-20)31(17-22-9-6-10-23(28)15-22)26(32)19-34-18-21-11-13-24(29)14-12-21/h3-15,25H,2,16-19H2,1H3,(H,30,33). The van der Waals surface area contributed by atoms with E-state index in [1.165, 1.54) is 23.9 Å². The van der Waals surface area contributed by atoms with E-state index in [0.29, 0.717) is 25.3 Å². The fourth-order valence-electron chi connectivity index (χ4n) is 3.60. The molecule has 0 saturated heterocycles. The molecule has 4 nitrogen and oxygen atoms in total. The van der Waals surface area contributed by atoms with E-state index in [2.05, 4.69) is 21.2 Å². The summed E-state index contributed by atoms with van der Waals surface area (Å²) in [6.45, 7) is 2.68. The van der Waals surface area contributed by atoms with Crippen molar-refractivity contribution in [2.75, 3.05) is 12.3 Å². The Kier molecular flexibility index (Phi) is 10.2. The van der Waals surface area contributed by atoms with Crippen LogP contribution in [0, 0.1) is 5.82 Å². The molecule has 0 aliphatic rings. The van der Waals surface area contributed by atoms with E-state index in [1.54, 1.807) is 17.0 Å². The number of halogens is 2. The fourth-order valence-corrected chi connectivity index (χ4v) is 4.92. The van der Waals surface area contributed by atoms with Crippen LogP contribution in [0.2, 0.25) is 0 Å². The largest absolute Gasteiger partial charge is 0.355 e. The Morgan fingerprint density at radius 1 is 0.971 bits per heavy atom. The average molecular weight is 544 g/mol. The minimum atomic E-state index is -0.639. The predicted molar refractivity (Wildman–Crippen MR) is 140 cm³/mol. The topological polar surface area (TPSA) is 49.4 Å². The smallest absolute Gasteiger partial charge is 0.243 e. The van der Waals surface area contributed by atoms with E-state index >= 15 is 0 Å². The molecule has 0 saturated carbocycles. The van der Waals surface area contributed by atoms with Gasteiger partial charge in [0, 0.05) is 29.7 Å². The molecule has 2 amide bonds. The normalized spacial score (nSPS) is 11.6. The maximum Gasteiger partial charge on any atom is 0.243 e. The Morgan fingerprint density at radius 2 is 1.68 bits per heavy atom. The van der Waals surface area contributed by atoms with Crippen LogP contribution in [0.4, 0.5) is 4.39 Å².